The predicted octanol–water partition coefficient (Wildman–Crippen LogP) is 8.66. The first-order valence-corrected chi connectivity index (χ1v) is 14.6. The van der Waals surface area contributed by atoms with Crippen LogP contribution in [0.4, 0.5) is 34.3 Å². The van der Waals surface area contributed by atoms with E-state index in [9.17, 15) is 0 Å². The quantitative estimate of drug-likeness (QED) is 0.165. The van der Waals surface area contributed by atoms with Crippen LogP contribution in [0.2, 0.25) is 0 Å². The minimum Gasteiger partial charge on any atom is -0.319 e. The minimum absolute atomic E-state index is 0.105. The standard InChI is InChI=1S/C37H28BN4/c1-26-29-18-13-23-34-37(29)42(35-24-10-11-25-39(26)35)38-40(34)32-21-8-9-22-33(32)41(38)36-30(27-14-4-2-5-15-27)19-12-20-31(36)28-16-6-3-7-17-28/h2-26H,1H3/q+1/t26-/m1/s1. The van der Waals surface area contributed by atoms with E-state index < -0.39 is 0 Å². The Morgan fingerprint density at radius 2 is 1.07 bits per heavy atom. The van der Waals surface area contributed by atoms with Crippen LogP contribution in [0.3, 0.4) is 0 Å². The fourth-order valence-corrected chi connectivity index (χ4v) is 7.28. The second kappa shape index (κ2) is 8.86. The van der Waals surface area contributed by atoms with Crippen LogP contribution in [-0.4, -0.2) is 7.12 Å². The van der Waals surface area contributed by atoms with E-state index in [4.69, 9.17) is 0 Å². The molecule has 198 valence electrons. The van der Waals surface area contributed by atoms with Gasteiger partial charge in [-0.3, -0.25) is 0 Å². The monoisotopic (exact) mass is 539 g/mol. The van der Waals surface area contributed by atoms with Gasteiger partial charge in [0.25, 0.3) is 5.82 Å². The number of pyridine rings is 1. The Morgan fingerprint density at radius 3 is 1.76 bits per heavy atom. The molecule has 0 saturated heterocycles. The average molecular weight is 539 g/mol. The highest BCUT2D eigenvalue weighted by molar-refractivity contribution is 6.80. The van der Waals surface area contributed by atoms with Gasteiger partial charge in [0.1, 0.15) is 11.7 Å². The maximum absolute atomic E-state index is 2.58. The lowest BCUT2D eigenvalue weighted by Crippen LogP contribution is -2.57. The molecule has 4 heterocycles. The largest absolute Gasteiger partial charge is 0.643 e. The fourth-order valence-electron chi connectivity index (χ4n) is 7.28. The number of nitrogens with zero attached hydrogens (tertiary/aromatic N) is 4. The number of fused-ring (bicyclic) bond motifs is 7. The first-order valence-electron chi connectivity index (χ1n) is 14.6. The van der Waals surface area contributed by atoms with Gasteiger partial charge in [-0.15, -0.1) is 0 Å². The van der Waals surface area contributed by atoms with Crippen molar-refractivity contribution in [2.45, 2.75) is 13.0 Å². The van der Waals surface area contributed by atoms with Gasteiger partial charge in [-0.2, -0.15) is 0 Å². The maximum Gasteiger partial charge on any atom is 0.643 e. The summed E-state index contributed by atoms with van der Waals surface area (Å²) in [6.45, 7) is 2.31. The number of anilines is 6. The maximum atomic E-state index is 2.58. The lowest BCUT2D eigenvalue weighted by molar-refractivity contribution is -0.699. The Bertz CT molecular complexity index is 1930. The molecule has 4 nitrogen and oxygen atoms in total. The summed E-state index contributed by atoms with van der Waals surface area (Å²) in [5.41, 5.74) is 12.4. The van der Waals surface area contributed by atoms with Gasteiger partial charge in [-0.05, 0) is 42.3 Å². The van der Waals surface area contributed by atoms with Gasteiger partial charge in [0, 0.05) is 28.4 Å². The smallest absolute Gasteiger partial charge is 0.319 e. The third-order valence-electron chi connectivity index (χ3n) is 9.07. The van der Waals surface area contributed by atoms with Crippen molar-refractivity contribution in [1.82, 2.24) is 0 Å². The summed E-state index contributed by atoms with van der Waals surface area (Å²) in [5.74, 6) is 1.20. The molecule has 1 aromatic heterocycles. The third kappa shape index (κ3) is 3.11. The molecule has 3 aliphatic rings. The molecule has 0 radical (unpaired) electrons. The topological polar surface area (TPSA) is 13.6 Å². The first kappa shape index (κ1) is 23.4. The summed E-state index contributed by atoms with van der Waals surface area (Å²) in [5, 5.41) is 0. The van der Waals surface area contributed by atoms with Crippen molar-refractivity contribution in [1.29, 1.82) is 0 Å². The van der Waals surface area contributed by atoms with Gasteiger partial charge in [-0.1, -0.05) is 109 Å². The van der Waals surface area contributed by atoms with Crippen LogP contribution in [0.1, 0.15) is 18.5 Å². The van der Waals surface area contributed by atoms with Crippen molar-refractivity contribution in [2.24, 2.45) is 0 Å². The summed E-state index contributed by atoms with van der Waals surface area (Å²) in [4.78, 5) is 7.68. The van der Waals surface area contributed by atoms with Crippen LogP contribution < -0.4 is 19.0 Å². The molecular weight excluding hydrogens is 511 g/mol. The van der Waals surface area contributed by atoms with Crippen molar-refractivity contribution in [3.63, 3.8) is 0 Å². The number of para-hydroxylation sites is 4. The van der Waals surface area contributed by atoms with E-state index in [0.717, 1.165) is 0 Å². The Labute approximate surface area is 246 Å². The first-order chi connectivity index (χ1) is 20.8. The van der Waals surface area contributed by atoms with Crippen LogP contribution >= 0.6 is 0 Å². The molecule has 0 amide bonds. The zero-order valence-electron chi connectivity index (χ0n) is 23.3. The van der Waals surface area contributed by atoms with Crippen LogP contribution in [0.15, 0.2) is 146 Å². The van der Waals surface area contributed by atoms with E-state index in [-0.39, 0.29) is 13.2 Å². The molecule has 0 fully saturated rings. The van der Waals surface area contributed by atoms with E-state index in [1.54, 1.807) is 0 Å². The minimum atomic E-state index is -0.105. The molecular formula is C37H28BN4+. The lowest BCUT2D eigenvalue weighted by atomic mass is 9.83. The van der Waals surface area contributed by atoms with Gasteiger partial charge >= 0.3 is 7.12 Å². The molecule has 0 unspecified atom stereocenters. The van der Waals surface area contributed by atoms with Crippen molar-refractivity contribution < 1.29 is 4.57 Å². The summed E-state index contributed by atoms with van der Waals surface area (Å²) >= 11 is 0. The SMILES string of the molecule is C[C@@H]1c2cccc3c2N(B2N3c3ccccc3N2c2c(-c3ccccc3)cccc2-c2ccccc2)c2cccc[n+]21. The number of hydrogen-bond donors (Lipinski definition) is 0. The highest BCUT2D eigenvalue weighted by atomic mass is 15.5. The lowest BCUT2D eigenvalue weighted by Gasteiger charge is -2.33. The second-order valence-corrected chi connectivity index (χ2v) is 11.2. The molecule has 0 N–H and O–H groups in total. The molecule has 0 aliphatic carbocycles. The van der Waals surface area contributed by atoms with Crippen molar-refractivity contribution in [3.05, 3.63) is 151 Å². The highest BCUT2D eigenvalue weighted by Gasteiger charge is 2.63. The van der Waals surface area contributed by atoms with E-state index >= 15 is 0 Å². The average Bonchev–Trinajstić information content (AvgIpc) is 3.57. The number of benzene rings is 5. The molecule has 5 heteroatoms. The van der Waals surface area contributed by atoms with Gasteiger partial charge < -0.3 is 9.62 Å². The third-order valence-corrected chi connectivity index (χ3v) is 9.07. The molecule has 5 aromatic carbocycles. The fraction of sp³-hybridized carbons (Fsp3) is 0.0541. The Kier molecular flexibility index (Phi) is 4.94. The van der Waals surface area contributed by atoms with Crippen molar-refractivity contribution >= 4 is 41.4 Å². The molecule has 1 atom stereocenters. The Morgan fingerprint density at radius 1 is 0.500 bits per heavy atom. The van der Waals surface area contributed by atoms with Gasteiger partial charge in [0.05, 0.1) is 23.3 Å². The summed E-state index contributed by atoms with van der Waals surface area (Å²) < 4.78 is 2.41. The number of rotatable bonds is 3. The zero-order valence-corrected chi connectivity index (χ0v) is 23.3. The predicted molar refractivity (Wildman–Crippen MR) is 173 cm³/mol. The van der Waals surface area contributed by atoms with E-state index in [2.05, 4.69) is 172 Å². The summed E-state index contributed by atoms with van der Waals surface area (Å²) in [7, 11) is -0.105. The molecule has 3 aliphatic heterocycles. The van der Waals surface area contributed by atoms with Gasteiger partial charge in [0.2, 0.25) is 0 Å². The van der Waals surface area contributed by atoms with Crippen LogP contribution in [0.5, 0.6) is 0 Å². The number of hydrogen-bond acceptors (Lipinski definition) is 3. The Hall–Kier alpha value is -5.29. The molecule has 0 spiro atoms. The van der Waals surface area contributed by atoms with Crippen LogP contribution in [-0.2, 0) is 0 Å². The van der Waals surface area contributed by atoms with Crippen LogP contribution in [0.25, 0.3) is 22.3 Å². The summed E-state index contributed by atoms with van der Waals surface area (Å²) in [6, 6.07) is 50.9. The molecule has 42 heavy (non-hydrogen) atoms. The summed E-state index contributed by atoms with van der Waals surface area (Å²) in [6.07, 6.45) is 2.22. The van der Waals surface area contributed by atoms with Gasteiger partial charge in [-0.25, -0.2) is 9.38 Å². The zero-order chi connectivity index (χ0) is 27.8. The van der Waals surface area contributed by atoms with E-state index in [1.807, 2.05) is 0 Å². The van der Waals surface area contributed by atoms with E-state index in [0.29, 0.717) is 0 Å². The Balaban J connectivity index is 1.38. The van der Waals surface area contributed by atoms with Crippen LogP contribution in [0, 0.1) is 0 Å². The molecule has 6 aromatic rings. The van der Waals surface area contributed by atoms with E-state index in [1.165, 1.54) is 62.1 Å². The second-order valence-electron chi connectivity index (χ2n) is 11.2. The van der Waals surface area contributed by atoms with Gasteiger partial charge in [0.15, 0.2) is 0 Å². The van der Waals surface area contributed by atoms with Crippen molar-refractivity contribution in [3.8, 4) is 22.3 Å². The molecule has 9 rings (SSSR count). The van der Waals surface area contributed by atoms with Crippen molar-refractivity contribution in [2.75, 3.05) is 14.4 Å². The normalized spacial score (nSPS) is 15.8. The highest BCUT2D eigenvalue weighted by Crippen LogP contribution is 2.59. The molecule has 0 bridgehead atoms. The number of aromatic nitrogens is 1. The molecule has 0 saturated carbocycles.